The Labute approximate surface area is 185 Å². The summed E-state index contributed by atoms with van der Waals surface area (Å²) in [6.45, 7) is 1.20. The Kier molecular flexibility index (Phi) is 6.21. The quantitative estimate of drug-likeness (QED) is 0.682. The molecule has 154 valence electrons. The van der Waals surface area contributed by atoms with Crippen molar-refractivity contribution >= 4 is 52.5 Å². The van der Waals surface area contributed by atoms with E-state index >= 15 is 0 Å². The number of hydrogen-bond donors (Lipinski definition) is 1. The fourth-order valence-corrected chi connectivity index (χ4v) is 4.13. The Morgan fingerprint density at radius 2 is 2.07 bits per heavy atom. The number of fused-ring (bicyclic) bond motifs is 1. The molecule has 2 amide bonds. The molecule has 2 aliphatic heterocycles. The summed E-state index contributed by atoms with van der Waals surface area (Å²) in [6, 6.07) is 7.59. The average molecular weight is 442 g/mol. The first-order valence-corrected chi connectivity index (χ1v) is 10.7. The molecule has 0 fully saturated rings. The fourth-order valence-electron chi connectivity index (χ4n) is 3.71. The zero-order valence-corrected chi connectivity index (χ0v) is 17.8. The van der Waals surface area contributed by atoms with Crippen molar-refractivity contribution in [1.82, 2.24) is 9.88 Å². The van der Waals surface area contributed by atoms with Crippen molar-refractivity contribution in [3.05, 3.63) is 69.3 Å². The predicted molar refractivity (Wildman–Crippen MR) is 120 cm³/mol. The molecule has 0 saturated carbocycles. The van der Waals surface area contributed by atoms with Gasteiger partial charge < -0.3 is 10.2 Å². The summed E-state index contributed by atoms with van der Waals surface area (Å²) in [5.41, 5.74) is 3.88. The van der Waals surface area contributed by atoms with Crippen LogP contribution in [-0.4, -0.2) is 34.8 Å². The molecule has 0 radical (unpaired) electrons. The van der Waals surface area contributed by atoms with Gasteiger partial charge in [0.25, 0.3) is 0 Å². The van der Waals surface area contributed by atoms with Gasteiger partial charge in [0.1, 0.15) is 5.82 Å². The lowest BCUT2D eigenvalue weighted by molar-refractivity contribution is -0.125. The lowest BCUT2D eigenvalue weighted by Gasteiger charge is -2.17. The van der Waals surface area contributed by atoms with Gasteiger partial charge in [-0.1, -0.05) is 41.4 Å². The molecule has 5 nitrogen and oxygen atoms in total. The molecule has 1 aromatic carbocycles. The van der Waals surface area contributed by atoms with E-state index in [1.807, 2.05) is 23.1 Å². The first-order chi connectivity index (χ1) is 14.5. The van der Waals surface area contributed by atoms with Gasteiger partial charge in [-0.15, -0.1) is 0 Å². The van der Waals surface area contributed by atoms with E-state index in [0.717, 1.165) is 35.1 Å². The molecule has 0 spiro atoms. The van der Waals surface area contributed by atoms with E-state index in [0.29, 0.717) is 41.8 Å². The Hall–Kier alpha value is -2.63. The number of nitrogens with one attached hydrogen (secondary N) is 1. The third kappa shape index (κ3) is 4.58. The van der Waals surface area contributed by atoms with Crippen LogP contribution in [0.15, 0.2) is 42.6 Å². The molecule has 1 N–H and O–H groups in total. The van der Waals surface area contributed by atoms with Crippen molar-refractivity contribution < 1.29 is 9.59 Å². The number of allylic oxidation sites excluding steroid dienone is 1. The van der Waals surface area contributed by atoms with Crippen LogP contribution in [0.5, 0.6) is 0 Å². The van der Waals surface area contributed by atoms with Crippen molar-refractivity contribution in [2.45, 2.75) is 25.7 Å². The SMILES string of the molecule is O=C1CCc2cc(/C=C/C(=O)N3CC=C(c4cccc(Cl)c4Cl)CCC3)cnc2N1. The van der Waals surface area contributed by atoms with Gasteiger partial charge in [0.15, 0.2) is 0 Å². The van der Waals surface area contributed by atoms with Crippen LogP contribution in [0.3, 0.4) is 0 Å². The largest absolute Gasteiger partial charge is 0.335 e. The van der Waals surface area contributed by atoms with Crippen LogP contribution >= 0.6 is 23.2 Å². The number of aryl methyl sites for hydroxylation is 1. The summed E-state index contributed by atoms with van der Waals surface area (Å²) in [5, 5.41) is 3.85. The van der Waals surface area contributed by atoms with Gasteiger partial charge in [0.05, 0.1) is 10.0 Å². The van der Waals surface area contributed by atoms with Gasteiger partial charge in [-0.3, -0.25) is 9.59 Å². The maximum atomic E-state index is 12.7. The first-order valence-electron chi connectivity index (χ1n) is 9.90. The number of amides is 2. The summed E-state index contributed by atoms with van der Waals surface area (Å²) in [6.07, 6.45) is 9.89. The minimum atomic E-state index is -0.0456. The molecule has 0 aliphatic carbocycles. The molecule has 4 rings (SSSR count). The average Bonchev–Trinajstić information content (AvgIpc) is 3.00. The summed E-state index contributed by atoms with van der Waals surface area (Å²) < 4.78 is 0. The third-order valence-electron chi connectivity index (χ3n) is 5.33. The maximum Gasteiger partial charge on any atom is 0.246 e. The molecule has 2 aliphatic rings. The molecule has 0 saturated heterocycles. The second-order valence-corrected chi connectivity index (χ2v) is 8.16. The molecule has 2 aromatic rings. The summed E-state index contributed by atoms with van der Waals surface area (Å²) in [4.78, 5) is 30.3. The number of aromatic nitrogens is 1. The molecule has 7 heteroatoms. The Morgan fingerprint density at radius 1 is 1.20 bits per heavy atom. The second kappa shape index (κ2) is 9.02. The minimum Gasteiger partial charge on any atom is -0.335 e. The number of pyridine rings is 1. The highest BCUT2D eigenvalue weighted by atomic mass is 35.5. The predicted octanol–water partition coefficient (Wildman–Crippen LogP) is 4.99. The Morgan fingerprint density at radius 3 is 2.93 bits per heavy atom. The number of carbonyl (C=O) groups is 2. The Balaban J connectivity index is 1.44. The van der Waals surface area contributed by atoms with E-state index in [-0.39, 0.29) is 11.8 Å². The van der Waals surface area contributed by atoms with Crippen LogP contribution in [0.25, 0.3) is 11.6 Å². The van der Waals surface area contributed by atoms with Crippen molar-refractivity contribution in [3.8, 4) is 0 Å². The Bertz CT molecular complexity index is 1060. The van der Waals surface area contributed by atoms with Crippen LogP contribution in [-0.2, 0) is 16.0 Å². The molecular formula is C23H21Cl2N3O2. The van der Waals surface area contributed by atoms with Crippen LogP contribution in [0.1, 0.15) is 36.0 Å². The zero-order valence-electron chi connectivity index (χ0n) is 16.3. The number of rotatable bonds is 3. The lowest BCUT2D eigenvalue weighted by Crippen LogP contribution is -2.29. The van der Waals surface area contributed by atoms with Crippen LogP contribution in [0.4, 0.5) is 5.82 Å². The molecular weight excluding hydrogens is 421 g/mol. The van der Waals surface area contributed by atoms with Gasteiger partial charge >= 0.3 is 0 Å². The van der Waals surface area contributed by atoms with Crippen LogP contribution in [0, 0.1) is 0 Å². The molecule has 30 heavy (non-hydrogen) atoms. The third-order valence-corrected chi connectivity index (χ3v) is 6.15. The molecule has 0 atom stereocenters. The normalized spacial score (nSPS) is 16.7. The zero-order chi connectivity index (χ0) is 21.1. The van der Waals surface area contributed by atoms with E-state index < -0.39 is 0 Å². The summed E-state index contributed by atoms with van der Waals surface area (Å²) >= 11 is 12.5. The fraction of sp³-hybridized carbons (Fsp3) is 0.261. The minimum absolute atomic E-state index is 0.0129. The van der Waals surface area contributed by atoms with Gasteiger partial charge in [-0.2, -0.15) is 0 Å². The van der Waals surface area contributed by atoms with Crippen LogP contribution in [0.2, 0.25) is 10.0 Å². The van der Waals surface area contributed by atoms with E-state index in [1.54, 1.807) is 24.4 Å². The second-order valence-electron chi connectivity index (χ2n) is 7.38. The smallest absolute Gasteiger partial charge is 0.246 e. The summed E-state index contributed by atoms with van der Waals surface area (Å²) in [5.74, 6) is 0.552. The van der Waals surface area contributed by atoms with E-state index in [4.69, 9.17) is 23.2 Å². The van der Waals surface area contributed by atoms with E-state index in [9.17, 15) is 9.59 Å². The van der Waals surface area contributed by atoms with Crippen molar-refractivity contribution in [2.24, 2.45) is 0 Å². The number of benzene rings is 1. The molecule has 1 aromatic heterocycles. The van der Waals surface area contributed by atoms with Gasteiger partial charge in [0, 0.05) is 31.8 Å². The standard InChI is InChI=1S/C23H21Cl2N3O2/c24-19-5-1-4-18(22(19)25)16-3-2-11-28(12-10-16)21(30)9-6-15-13-17-7-8-20(29)27-23(17)26-14-15/h1,4-6,9-10,13-14H,2-3,7-8,11-12H2,(H,26,27,29)/b9-6+. The van der Waals surface area contributed by atoms with Gasteiger partial charge in [-0.25, -0.2) is 4.98 Å². The monoisotopic (exact) mass is 441 g/mol. The van der Waals surface area contributed by atoms with Gasteiger partial charge in [0.2, 0.25) is 11.8 Å². The molecule has 3 heterocycles. The highest BCUT2D eigenvalue weighted by Gasteiger charge is 2.18. The van der Waals surface area contributed by atoms with Crippen molar-refractivity contribution in [2.75, 3.05) is 18.4 Å². The number of carbonyl (C=O) groups excluding carboxylic acids is 2. The number of hydrogen-bond acceptors (Lipinski definition) is 3. The van der Waals surface area contributed by atoms with Crippen LogP contribution < -0.4 is 5.32 Å². The molecule has 0 unspecified atom stereocenters. The first kappa shape index (κ1) is 20.6. The van der Waals surface area contributed by atoms with Crippen molar-refractivity contribution in [3.63, 3.8) is 0 Å². The van der Waals surface area contributed by atoms with E-state index in [2.05, 4.69) is 16.4 Å². The number of halogens is 2. The lowest BCUT2D eigenvalue weighted by atomic mass is 10.0. The highest BCUT2D eigenvalue weighted by Crippen LogP contribution is 2.33. The number of nitrogens with zero attached hydrogens (tertiary/aromatic N) is 2. The number of anilines is 1. The van der Waals surface area contributed by atoms with E-state index in [1.165, 1.54) is 0 Å². The summed E-state index contributed by atoms with van der Waals surface area (Å²) in [7, 11) is 0. The van der Waals surface area contributed by atoms with Gasteiger partial charge in [-0.05, 0) is 59.7 Å². The maximum absolute atomic E-state index is 12.7. The topological polar surface area (TPSA) is 62.3 Å². The molecule has 0 bridgehead atoms. The highest BCUT2D eigenvalue weighted by molar-refractivity contribution is 6.43. The van der Waals surface area contributed by atoms with Crippen molar-refractivity contribution in [1.29, 1.82) is 0 Å².